The molecule has 0 aromatic heterocycles. The van der Waals surface area contributed by atoms with Gasteiger partial charge in [-0.25, -0.2) is 0 Å². The van der Waals surface area contributed by atoms with E-state index in [1.165, 1.54) is 0 Å². The summed E-state index contributed by atoms with van der Waals surface area (Å²) in [5.74, 6) is -1.27. The zero-order chi connectivity index (χ0) is 31.4. The van der Waals surface area contributed by atoms with E-state index in [9.17, 15) is 19.5 Å². The number of hydrogen-bond donors (Lipinski definition) is 1. The van der Waals surface area contributed by atoms with Crippen LogP contribution in [0.3, 0.4) is 0 Å². The number of fused-ring (bicyclic) bond motifs is 1. The van der Waals surface area contributed by atoms with E-state index in [0.29, 0.717) is 39.0 Å². The van der Waals surface area contributed by atoms with Crippen molar-refractivity contribution in [3.8, 4) is 0 Å². The largest absolute Gasteiger partial charge is 0.396 e. The molecule has 2 bridgehead atoms. The van der Waals surface area contributed by atoms with Crippen LogP contribution in [0.15, 0.2) is 73.8 Å². The fourth-order valence-corrected chi connectivity index (χ4v) is 9.73. The lowest BCUT2D eigenvalue weighted by Crippen LogP contribution is -2.55. The van der Waals surface area contributed by atoms with Crippen molar-refractivity contribution in [3.63, 3.8) is 0 Å². The number of aryl methyl sites for hydroxylation is 2. The maximum atomic E-state index is 14.8. The van der Waals surface area contributed by atoms with E-state index in [2.05, 4.69) is 13.2 Å². The predicted octanol–water partition coefficient (Wildman–Crippen LogP) is 5.29. The minimum absolute atomic E-state index is 0.0139. The van der Waals surface area contributed by atoms with Crippen LogP contribution >= 0.6 is 11.8 Å². The Morgan fingerprint density at radius 1 is 1.05 bits per heavy atom. The van der Waals surface area contributed by atoms with E-state index in [1.54, 1.807) is 33.7 Å². The molecule has 3 aliphatic rings. The van der Waals surface area contributed by atoms with Crippen molar-refractivity contribution < 1.29 is 19.5 Å². The van der Waals surface area contributed by atoms with Gasteiger partial charge in [-0.15, -0.1) is 24.9 Å². The molecule has 1 spiro atoms. The summed E-state index contributed by atoms with van der Waals surface area (Å²) in [4.78, 5) is 49.2. The molecule has 7 nitrogen and oxygen atoms in total. The van der Waals surface area contributed by atoms with E-state index in [-0.39, 0.29) is 29.6 Å². The molecule has 3 aliphatic heterocycles. The summed E-state index contributed by atoms with van der Waals surface area (Å²) in [5.41, 5.74) is 3.89. The number of hydrogen-bond acceptors (Lipinski definition) is 5. The van der Waals surface area contributed by atoms with Crippen molar-refractivity contribution in [3.05, 3.63) is 90.5 Å². The molecule has 3 fully saturated rings. The van der Waals surface area contributed by atoms with Gasteiger partial charge < -0.3 is 19.8 Å². The SMILES string of the molecule is C=CCN(Cc1ccccc1)C(=O)[C@@H]1[C@@H]2CCC3(S2)C(C(=O)N(CC=C)c2cc(C)ccc2C)N(CCCCCO)C(=O)[C@H]13. The molecule has 3 amide bonds. The molecule has 2 aromatic rings. The van der Waals surface area contributed by atoms with Crippen LogP contribution in [0.25, 0.3) is 0 Å². The molecule has 5 atom stereocenters. The highest BCUT2D eigenvalue weighted by Crippen LogP contribution is 2.66. The van der Waals surface area contributed by atoms with Crippen molar-refractivity contribution in [1.82, 2.24) is 9.80 Å². The Labute approximate surface area is 266 Å². The van der Waals surface area contributed by atoms with Gasteiger partial charge in [0.1, 0.15) is 6.04 Å². The number of rotatable bonds is 14. The molecule has 2 unspecified atom stereocenters. The van der Waals surface area contributed by atoms with Gasteiger partial charge in [-0.1, -0.05) is 54.6 Å². The first-order chi connectivity index (χ1) is 21.3. The number of amides is 3. The minimum Gasteiger partial charge on any atom is -0.396 e. The van der Waals surface area contributed by atoms with Gasteiger partial charge in [0.2, 0.25) is 11.8 Å². The number of benzene rings is 2. The van der Waals surface area contributed by atoms with Gasteiger partial charge in [0, 0.05) is 43.7 Å². The Kier molecular flexibility index (Phi) is 10.0. The lowest BCUT2D eigenvalue weighted by Gasteiger charge is -2.38. The second-order valence-electron chi connectivity index (χ2n) is 12.4. The van der Waals surface area contributed by atoms with Crippen molar-refractivity contribution in [2.24, 2.45) is 11.8 Å². The third kappa shape index (κ3) is 5.86. The highest BCUT2D eigenvalue weighted by atomic mass is 32.2. The van der Waals surface area contributed by atoms with Gasteiger partial charge in [-0.3, -0.25) is 14.4 Å². The molecular formula is C36H45N3O4S. The number of carbonyl (C=O) groups is 3. The van der Waals surface area contributed by atoms with Gasteiger partial charge in [0.25, 0.3) is 5.91 Å². The number of nitrogens with zero attached hydrogens (tertiary/aromatic N) is 3. The van der Waals surface area contributed by atoms with Gasteiger partial charge >= 0.3 is 0 Å². The van der Waals surface area contributed by atoms with Crippen LogP contribution in [0.5, 0.6) is 0 Å². The molecule has 5 rings (SSSR count). The van der Waals surface area contributed by atoms with E-state index >= 15 is 0 Å². The first-order valence-electron chi connectivity index (χ1n) is 15.8. The van der Waals surface area contributed by atoms with Gasteiger partial charge in [-0.2, -0.15) is 0 Å². The van der Waals surface area contributed by atoms with Crippen LogP contribution in [0.4, 0.5) is 5.69 Å². The standard InChI is InChI=1S/C36H45N3O4S/c1-5-19-37(24-27-13-9-7-10-14-27)33(41)30-29-17-18-36(44-29)31(30)34(42)39(21-11-8-12-22-40)32(36)35(43)38(20-6-2)28-23-25(3)15-16-26(28)4/h5-7,9-10,13-16,23,29-32,40H,1-2,8,11-12,17-22,24H2,3-4H3/t29-,30+,31-,32?,36?/m0/s1. The second-order valence-corrected chi connectivity index (χ2v) is 14.0. The van der Waals surface area contributed by atoms with E-state index in [4.69, 9.17) is 0 Å². The molecule has 1 N–H and O–H groups in total. The van der Waals surface area contributed by atoms with E-state index in [0.717, 1.165) is 41.6 Å². The summed E-state index contributed by atoms with van der Waals surface area (Å²) in [7, 11) is 0. The van der Waals surface area contributed by atoms with Crippen molar-refractivity contribution in [1.29, 1.82) is 0 Å². The fourth-order valence-electron chi connectivity index (χ4n) is 7.52. The quantitative estimate of drug-likeness (QED) is 0.231. The van der Waals surface area contributed by atoms with Crippen molar-refractivity contribution in [2.45, 2.75) is 68.5 Å². The first-order valence-corrected chi connectivity index (χ1v) is 16.7. The number of likely N-dealkylation sites (tertiary alicyclic amines) is 1. The Morgan fingerprint density at radius 2 is 1.80 bits per heavy atom. The van der Waals surface area contributed by atoms with Gasteiger partial charge in [0.05, 0.1) is 16.6 Å². The topological polar surface area (TPSA) is 81.2 Å². The fraction of sp³-hybridized carbons (Fsp3) is 0.472. The summed E-state index contributed by atoms with van der Waals surface area (Å²) in [6, 6.07) is 15.3. The zero-order valence-electron chi connectivity index (χ0n) is 26.0. The number of anilines is 1. The van der Waals surface area contributed by atoms with Crippen LogP contribution in [-0.2, 0) is 20.9 Å². The predicted molar refractivity (Wildman–Crippen MR) is 177 cm³/mol. The highest BCUT2D eigenvalue weighted by molar-refractivity contribution is 8.02. The Balaban J connectivity index is 1.52. The van der Waals surface area contributed by atoms with Crippen LogP contribution in [0, 0.1) is 25.7 Å². The van der Waals surface area contributed by atoms with Gasteiger partial charge in [0.15, 0.2) is 0 Å². The Hall–Kier alpha value is -3.36. The summed E-state index contributed by atoms with van der Waals surface area (Å²) in [5, 5.41) is 9.35. The first kappa shape index (κ1) is 32.0. The number of carbonyl (C=O) groups excluding carboxylic acids is 3. The molecule has 0 radical (unpaired) electrons. The van der Waals surface area contributed by atoms with E-state index in [1.807, 2.05) is 67.3 Å². The maximum Gasteiger partial charge on any atom is 0.251 e. The summed E-state index contributed by atoms with van der Waals surface area (Å²) >= 11 is 1.70. The third-order valence-corrected chi connectivity index (χ3v) is 11.4. The summed E-state index contributed by atoms with van der Waals surface area (Å²) in [6.07, 6.45) is 7.09. The second kappa shape index (κ2) is 13.7. The molecule has 234 valence electrons. The minimum atomic E-state index is -0.677. The van der Waals surface area contributed by atoms with E-state index < -0.39 is 22.6 Å². The molecular weight excluding hydrogens is 570 g/mol. The number of aliphatic hydroxyl groups excluding tert-OH is 1. The number of aliphatic hydroxyl groups is 1. The average molecular weight is 616 g/mol. The normalized spacial score (nSPS) is 25.2. The Morgan fingerprint density at radius 3 is 2.50 bits per heavy atom. The van der Waals surface area contributed by atoms with Crippen LogP contribution in [0.1, 0.15) is 48.8 Å². The summed E-state index contributed by atoms with van der Waals surface area (Å²) < 4.78 is -0.667. The molecule has 0 aliphatic carbocycles. The van der Waals surface area contributed by atoms with Crippen LogP contribution < -0.4 is 4.90 Å². The van der Waals surface area contributed by atoms with Crippen LogP contribution in [0.2, 0.25) is 0 Å². The lowest BCUT2D eigenvalue weighted by atomic mass is 9.70. The smallest absolute Gasteiger partial charge is 0.251 e. The molecule has 2 aromatic carbocycles. The monoisotopic (exact) mass is 615 g/mol. The van der Waals surface area contributed by atoms with Crippen molar-refractivity contribution >= 4 is 35.2 Å². The molecule has 44 heavy (non-hydrogen) atoms. The summed E-state index contributed by atoms with van der Waals surface area (Å²) in [6.45, 7) is 13.5. The average Bonchev–Trinajstić information content (AvgIpc) is 3.66. The number of unbranched alkanes of at least 4 members (excludes halogenated alkanes) is 2. The molecule has 0 saturated carbocycles. The zero-order valence-corrected chi connectivity index (χ0v) is 26.8. The third-order valence-electron chi connectivity index (χ3n) is 9.49. The maximum absolute atomic E-state index is 14.8. The Bertz CT molecular complexity index is 1400. The van der Waals surface area contributed by atoms with Gasteiger partial charge in [-0.05, 0) is 68.7 Å². The van der Waals surface area contributed by atoms with Crippen LogP contribution in [-0.4, -0.2) is 74.9 Å². The molecule has 3 heterocycles. The number of thioether (sulfide) groups is 1. The molecule has 8 heteroatoms. The lowest BCUT2D eigenvalue weighted by molar-refractivity contribution is -0.144. The molecule has 3 saturated heterocycles. The van der Waals surface area contributed by atoms with Crippen molar-refractivity contribution in [2.75, 3.05) is 31.1 Å². The highest BCUT2D eigenvalue weighted by Gasteiger charge is 2.74.